The summed E-state index contributed by atoms with van der Waals surface area (Å²) in [5, 5.41) is 0. The van der Waals surface area contributed by atoms with Crippen LogP contribution in [0.4, 0.5) is 0 Å². The molecular formula is C9H6BrNO3. The van der Waals surface area contributed by atoms with Crippen molar-refractivity contribution in [3.63, 3.8) is 0 Å². The second-order valence-corrected chi connectivity index (χ2v) is 3.50. The zero-order chi connectivity index (χ0) is 10.1. The number of ether oxygens (including phenoxy) is 1. The summed E-state index contributed by atoms with van der Waals surface area (Å²) in [6, 6.07) is 3.31. The highest BCUT2D eigenvalue weighted by Gasteiger charge is 2.12. The van der Waals surface area contributed by atoms with Gasteiger partial charge in [-0.25, -0.2) is 9.78 Å². The van der Waals surface area contributed by atoms with Crippen molar-refractivity contribution >= 4 is 33.0 Å². The van der Waals surface area contributed by atoms with Crippen LogP contribution in [0.2, 0.25) is 0 Å². The van der Waals surface area contributed by atoms with Crippen LogP contribution in [0.15, 0.2) is 27.4 Å². The fraction of sp³-hybridized carbons (Fsp3) is 0.111. The third kappa shape index (κ3) is 1.39. The number of carbonyl (C=O) groups is 1. The summed E-state index contributed by atoms with van der Waals surface area (Å²) in [5.74, 6) is -0.401. The molecule has 0 fully saturated rings. The lowest BCUT2D eigenvalue weighted by atomic mass is 10.2. The number of oxazole rings is 1. The van der Waals surface area contributed by atoms with Crippen LogP contribution in [0, 0.1) is 0 Å². The molecule has 1 heterocycles. The maximum atomic E-state index is 11.3. The maximum absolute atomic E-state index is 11.3. The molecule has 0 amide bonds. The van der Waals surface area contributed by atoms with Gasteiger partial charge < -0.3 is 9.15 Å². The van der Waals surface area contributed by atoms with Gasteiger partial charge in [0.2, 0.25) is 0 Å². The molecule has 2 rings (SSSR count). The van der Waals surface area contributed by atoms with E-state index in [-0.39, 0.29) is 0 Å². The molecule has 14 heavy (non-hydrogen) atoms. The zero-order valence-corrected chi connectivity index (χ0v) is 8.87. The van der Waals surface area contributed by atoms with E-state index in [4.69, 9.17) is 4.42 Å². The van der Waals surface area contributed by atoms with E-state index in [1.165, 1.54) is 13.5 Å². The monoisotopic (exact) mass is 255 g/mol. The minimum absolute atomic E-state index is 0.401. The zero-order valence-electron chi connectivity index (χ0n) is 7.28. The molecule has 0 spiro atoms. The number of carbonyl (C=O) groups excluding carboxylic acids is 1. The molecule has 5 heteroatoms. The average molecular weight is 256 g/mol. The quantitative estimate of drug-likeness (QED) is 0.735. The highest BCUT2D eigenvalue weighted by atomic mass is 79.9. The van der Waals surface area contributed by atoms with Crippen molar-refractivity contribution in [2.24, 2.45) is 0 Å². The molecule has 72 valence electrons. The van der Waals surface area contributed by atoms with Crippen LogP contribution in [0.5, 0.6) is 0 Å². The van der Waals surface area contributed by atoms with Crippen LogP contribution in [-0.4, -0.2) is 18.1 Å². The Bertz CT molecular complexity index is 492. The van der Waals surface area contributed by atoms with Crippen LogP contribution in [-0.2, 0) is 4.74 Å². The third-order valence-corrected chi connectivity index (χ3v) is 2.48. The molecule has 1 aromatic heterocycles. The number of hydrogen-bond donors (Lipinski definition) is 0. The first kappa shape index (κ1) is 9.21. The predicted octanol–water partition coefficient (Wildman–Crippen LogP) is 2.38. The van der Waals surface area contributed by atoms with E-state index in [0.29, 0.717) is 21.1 Å². The van der Waals surface area contributed by atoms with Gasteiger partial charge in [0, 0.05) is 4.47 Å². The second kappa shape index (κ2) is 3.42. The lowest BCUT2D eigenvalue weighted by molar-refractivity contribution is 0.0600. The number of fused-ring (bicyclic) bond motifs is 1. The van der Waals surface area contributed by atoms with Gasteiger partial charge in [-0.05, 0) is 28.1 Å². The molecular weight excluding hydrogens is 250 g/mol. The molecule has 2 aromatic rings. The Morgan fingerprint density at radius 1 is 1.57 bits per heavy atom. The van der Waals surface area contributed by atoms with Crippen molar-refractivity contribution in [1.82, 2.24) is 4.98 Å². The van der Waals surface area contributed by atoms with Gasteiger partial charge in [0.15, 0.2) is 12.0 Å². The van der Waals surface area contributed by atoms with Gasteiger partial charge in [-0.2, -0.15) is 0 Å². The molecule has 0 aliphatic carbocycles. The van der Waals surface area contributed by atoms with Gasteiger partial charge in [0.1, 0.15) is 5.52 Å². The van der Waals surface area contributed by atoms with Crippen molar-refractivity contribution in [2.75, 3.05) is 7.11 Å². The Morgan fingerprint density at radius 2 is 2.36 bits per heavy atom. The summed E-state index contributed by atoms with van der Waals surface area (Å²) in [6.07, 6.45) is 1.33. The molecule has 0 atom stereocenters. The summed E-state index contributed by atoms with van der Waals surface area (Å²) in [4.78, 5) is 15.2. The van der Waals surface area contributed by atoms with Crippen LogP contribution in [0.3, 0.4) is 0 Å². The van der Waals surface area contributed by atoms with E-state index in [1.54, 1.807) is 12.1 Å². The minimum Gasteiger partial charge on any atom is -0.465 e. The molecule has 0 bridgehead atoms. The molecule has 0 unspecified atom stereocenters. The Morgan fingerprint density at radius 3 is 3.07 bits per heavy atom. The SMILES string of the molecule is COC(=O)c1cc2ncoc2cc1Br. The van der Waals surface area contributed by atoms with Crippen molar-refractivity contribution < 1.29 is 13.9 Å². The first-order valence-corrected chi connectivity index (χ1v) is 4.62. The molecule has 4 nitrogen and oxygen atoms in total. The highest BCUT2D eigenvalue weighted by molar-refractivity contribution is 9.10. The number of esters is 1. The average Bonchev–Trinajstić information content (AvgIpc) is 2.62. The van der Waals surface area contributed by atoms with E-state index in [9.17, 15) is 4.79 Å². The van der Waals surface area contributed by atoms with Gasteiger partial charge in [0.05, 0.1) is 12.7 Å². The fourth-order valence-corrected chi connectivity index (χ4v) is 1.63. The van der Waals surface area contributed by atoms with Gasteiger partial charge in [0.25, 0.3) is 0 Å². The number of rotatable bonds is 1. The van der Waals surface area contributed by atoms with Crippen molar-refractivity contribution in [3.05, 3.63) is 28.6 Å². The number of halogens is 1. The van der Waals surface area contributed by atoms with Gasteiger partial charge in [-0.3, -0.25) is 0 Å². The molecule has 0 N–H and O–H groups in total. The maximum Gasteiger partial charge on any atom is 0.339 e. The predicted molar refractivity (Wildman–Crippen MR) is 53.0 cm³/mol. The molecule has 0 aliphatic heterocycles. The Hall–Kier alpha value is -1.36. The number of aromatic nitrogens is 1. The number of benzene rings is 1. The van der Waals surface area contributed by atoms with Crippen LogP contribution >= 0.6 is 15.9 Å². The van der Waals surface area contributed by atoms with Gasteiger partial charge in [-0.1, -0.05) is 0 Å². The first-order chi connectivity index (χ1) is 6.72. The van der Waals surface area contributed by atoms with E-state index in [1.807, 2.05) is 0 Å². The molecule has 0 radical (unpaired) electrons. The number of hydrogen-bond acceptors (Lipinski definition) is 4. The Kier molecular flexibility index (Phi) is 2.25. The van der Waals surface area contributed by atoms with E-state index >= 15 is 0 Å². The lowest BCUT2D eigenvalue weighted by Gasteiger charge is -2.00. The highest BCUT2D eigenvalue weighted by Crippen LogP contribution is 2.24. The fourth-order valence-electron chi connectivity index (χ4n) is 1.15. The molecule has 0 saturated heterocycles. The molecule has 0 saturated carbocycles. The summed E-state index contributed by atoms with van der Waals surface area (Å²) in [5.41, 5.74) is 1.70. The van der Waals surface area contributed by atoms with Crippen molar-refractivity contribution in [3.8, 4) is 0 Å². The van der Waals surface area contributed by atoms with Gasteiger partial charge >= 0.3 is 5.97 Å². The summed E-state index contributed by atoms with van der Waals surface area (Å²) < 4.78 is 10.3. The standard InChI is InChI=1S/C9H6BrNO3/c1-13-9(12)5-2-7-8(3-6(5)10)14-4-11-7/h2-4H,1H3. The van der Waals surface area contributed by atoms with Crippen molar-refractivity contribution in [1.29, 1.82) is 0 Å². The van der Waals surface area contributed by atoms with Crippen LogP contribution < -0.4 is 0 Å². The first-order valence-electron chi connectivity index (χ1n) is 3.83. The topological polar surface area (TPSA) is 52.3 Å². The largest absolute Gasteiger partial charge is 0.465 e. The van der Waals surface area contributed by atoms with Gasteiger partial charge in [-0.15, -0.1) is 0 Å². The van der Waals surface area contributed by atoms with Crippen LogP contribution in [0.1, 0.15) is 10.4 Å². The summed E-state index contributed by atoms with van der Waals surface area (Å²) in [6.45, 7) is 0. The Labute approximate surface area is 88.0 Å². The van der Waals surface area contributed by atoms with E-state index in [0.717, 1.165) is 0 Å². The summed E-state index contributed by atoms with van der Waals surface area (Å²) >= 11 is 3.25. The van der Waals surface area contributed by atoms with E-state index in [2.05, 4.69) is 25.7 Å². The molecule has 1 aromatic carbocycles. The lowest BCUT2D eigenvalue weighted by Crippen LogP contribution is -2.01. The minimum atomic E-state index is -0.401. The van der Waals surface area contributed by atoms with Crippen molar-refractivity contribution in [2.45, 2.75) is 0 Å². The van der Waals surface area contributed by atoms with E-state index < -0.39 is 5.97 Å². The second-order valence-electron chi connectivity index (χ2n) is 2.64. The number of methoxy groups -OCH3 is 1. The molecule has 0 aliphatic rings. The summed E-state index contributed by atoms with van der Waals surface area (Å²) in [7, 11) is 1.34. The normalized spacial score (nSPS) is 10.4. The third-order valence-electron chi connectivity index (χ3n) is 1.83. The number of nitrogens with zero attached hydrogens (tertiary/aromatic N) is 1. The van der Waals surface area contributed by atoms with Crippen LogP contribution in [0.25, 0.3) is 11.1 Å². The smallest absolute Gasteiger partial charge is 0.339 e. The Balaban J connectivity index is 2.64.